The minimum Gasteiger partial charge on any atom is -0.481 e. The molecule has 24 heavy (non-hydrogen) atoms. The zero-order chi connectivity index (χ0) is 17.9. The van der Waals surface area contributed by atoms with Gasteiger partial charge in [0.25, 0.3) is 5.91 Å². The second-order valence-corrected chi connectivity index (χ2v) is 5.26. The third kappa shape index (κ3) is 4.08. The van der Waals surface area contributed by atoms with Gasteiger partial charge in [-0.1, -0.05) is 29.8 Å². The Morgan fingerprint density at radius 2 is 1.92 bits per heavy atom. The Balaban J connectivity index is 2.38. The molecule has 1 heterocycles. The highest BCUT2D eigenvalue weighted by Gasteiger charge is 2.38. The first-order valence-corrected chi connectivity index (χ1v) is 7.13. The number of nitrogens with one attached hydrogen (secondary N) is 2. The largest absolute Gasteiger partial charge is 0.481 e. The fraction of sp³-hybridized carbons (Fsp3) is 0.200. The van der Waals surface area contributed by atoms with Crippen molar-refractivity contribution in [2.24, 2.45) is 0 Å². The molecule has 0 atom stereocenters. The van der Waals surface area contributed by atoms with Gasteiger partial charge < -0.3 is 15.4 Å². The van der Waals surface area contributed by atoms with Gasteiger partial charge in [-0.3, -0.25) is 9.59 Å². The van der Waals surface area contributed by atoms with Gasteiger partial charge in [-0.2, -0.15) is 13.2 Å². The predicted octanol–water partition coefficient (Wildman–Crippen LogP) is 3.56. The Labute approximate surface area is 139 Å². The SMILES string of the molecule is O=C(O)CCNC(=O)c1cc(-c2ccccc2Cl)[nH]c1C(F)(F)F. The van der Waals surface area contributed by atoms with Gasteiger partial charge >= 0.3 is 12.1 Å². The monoisotopic (exact) mass is 360 g/mol. The van der Waals surface area contributed by atoms with Crippen molar-refractivity contribution >= 4 is 23.5 Å². The van der Waals surface area contributed by atoms with E-state index in [1.54, 1.807) is 12.1 Å². The molecule has 2 rings (SSSR count). The van der Waals surface area contributed by atoms with E-state index in [4.69, 9.17) is 16.7 Å². The third-order valence-corrected chi connectivity index (χ3v) is 3.46. The lowest BCUT2D eigenvalue weighted by Crippen LogP contribution is -2.27. The van der Waals surface area contributed by atoms with Crippen LogP contribution in [0.5, 0.6) is 0 Å². The second kappa shape index (κ2) is 6.96. The summed E-state index contributed by atoms with van der Waals surface area (Å²) in [4.78, 5) is 24.6. The molecule has 0 unspecified atom stereocenters. The van der Waals surface area contributed by atoms with Crippen LogP contribution in [0.2, 0.25) is 5.02 Å². The van der Waals surface area contributed by atoms with Gasteiger partial charge in [-0.05, 0) is 12.1 Å². The minimum absolute atomic E-state index is 0.0382. The number of halogens is 4. The maximum Gasteiger partial charge on any atom is 0.432 e. The number of alkyl halides is 3. The second-order valence-electron chi connectivity index (χ2n) is 4.85. The van der Waals surface area contributed by atoms with Crippen molar-refractivity contribution in [1.29, 1.82) is 0 Å². The van der Waals surface area contributed by atoms with Crippen molar-refractivity contribution in [3.05, 3.63) is 46.6 Å². The van der Waals surface area contributed by atoms with Crippen molar-refractivity contribution in [3.63, 3.8) is 0 Å². The first-order chi connectivity index (χ1) is 11.2. The zero-order valence-corrected chi connectivity index (χ0v) is 12.8. The van der Waals surface area contributed by atoms with E-state index in [9.17, 15) is 22.8 Å². The van der Waals surface area contributed by atoms with Crippen molar-refractivity contribution in [2.45, 2.75) is 12.6 Å². The number of carbonyl (C=O) groups is 2. The van der Waals surface area contributed by atoms with Gasteiger partial charge in [-0.25, -0.2) is 0 Å². The van der Waals surface area contributed by atoms with Crippen molar-refractivity contribution in [3.8, 4) is 11.3 Å². The molecule has 128 valence electrons. The summed E-state index contributed by atoms with van der Waals surface area (Å²) in [5, 5.41) is 10.9. The number of carbonyl (C=O) groups excluding carboxylic acids is 1. The Hall–Kier alpha value is -2.48. The molecule has 2 aromatic rings. The number of aromatic nitrogens is 1. The number of carboxylic acids is 1. The lowest BCUT2D eigenvalue weighted by atomic mass is 10.1. The van der Waals surface area contributed by atoms with E-state index < -0.39 is 35.7 Å². The Morgan fingerprint density at radius 3 is 2.50 bits per heavy atom. The van der Waals surface area contributed by atoms with Gasteiger partial charge in [0.2, 0.25) is 0 Å². The molecule has 1 aromatic carbocycles. The predicted molar refractivity (Wildman–Crippen MR) is 80.8 cm³/mol. The molecule has 3 N–H and O–H groups in total. The summed E-state index contributed by atoms with van der Waals surface area (Å²) in [6, 6.07) is 7.29. The molecule has 0 aliphatic heterocycles. The molecule has 0 aliphatic carbocycles. The molecule has 0 fully saturated rings. The number of carboxylic acid groups (broad SMARTS) is 1. The summed E-state index contributed by atoms with van der Waals surface area (Å²) in [6.45, 7) is -0.280. The summed E-state index contributed by atoms with van der Waals surface area (Å²) in [5.41, 5.74) is -1.49. The van der Waals surface area contributed by atoms with E-state index in [1.165, 1.54) is 12.1 Å². The number of aliphatic carboxylic acids is 1. The summed E-state index contributed by atoms with van der Waals surface area (Å²) < 4.78 is 39.5. The van der Waals surface area contributed by atoms with Crippen LogP contribution in [0.15, 0.2) is 30.3 Å². The standard InChI is InChI=1S/C15H12ClF3N2O3/c16-10-4-2-1-3-8(10)11-7-9(13(21-11)15(17,18)19)14(24)20-6-5-12(22)23/h1-4,7,21H,5-6H2,(H,20,24)(H,22,23). The smallest absolute Gasteiger partial charge is 0.432 e. The van der Waals surface area contributed by atoms with Gasteiger partial charge in [-0.15, -0.1) is 0 Å². The molecule has 0 bridgehead atoms. The Morgan fingerprint density at radius 1 is 1.25 bits per heavy atom. The molecule has 5 nitrogen and oxygen atoms in total. The number of benzene rings is 1. The molecule has 0 saturated carbocycles. The average molecular weight is 361 g/mol. The number of aromatic amines is 1. The molecule has 0 radical (unpaired) electrons. The van der Waals surface area contributed by atoms with Crippen LogP contribution in [0.25, 0.3) is 11.3 Å². The van der Waals surface area contributed by atoms with Gasteiger partial charge in [0.1, 0.15) is 5.69 Å². The quantitative estimate of drug-likeness (QED) is 0.762. The first kappa shape index (κ1) is 17.9. The van der Waals surface area contributed by atoms with Crippen LogP contribution in [0.3, 0.4) is 0 Å². The molecule has 0 saturated heterocycles. The number of amides is 1. The van der Waals surface area contributed by atoms with Crippen molar-refractivity contribution in [2.75, 3.05) is 6.54 Å². The summed E-state index contributed by atoms with van der Waals surface area (Å²) in [5.74, 6) is -2.18. The van der Waals surface area contributed by atoms with Crippen LogP contribution in [0.4, 0.5) is 13.2 Å². The van der Waals surface area contributed by atoms with Gasteiger partial charge in [0.05, 0.1) is 12.0 Å². The maximum atomic E-state index is 13.2. The fourth-order valence-corrected chi connectivity index (χ4v) is 2.30. The fourth-order valence-electron chi connectivity index (χ4n) is 2.06. The van der Waals surface area contributed by atoms with Gasteiger partial charge in [0.15, 0.2) is 0 Å². The van der Waals surface area contributed by atoms with Crippen LogP contribution >= 0.6 is 11.6 Å². The summed E-state index contributed by atoms with van der Waals surface area (Å²) in [6.07, 6.45) is -5.17. The molecule has 1 amide bonds. The highest BCUT2D eigenvalue weighted by atomic mass is 35.5. The average Bonchev–Trinajstić information content (AvgIpc) is 2.92. The summed E-state index contributed by atoms with van der Waals surface area (Å²) >= 11 is 5.97. The number of hydrogen-bond donors (Lipinski definition) is 3. The van der Waals surface area contributed by atoms with Gasteiger partial charge in [0, 0.05) is 22.8 Å². The molecule has 9 heteroatoms. The van der Waals surface area contributed by atoms with Crippen LogP contribution in [0.1, 0.15) is 22.5 Å². The minimum atomic E-state index is -4.78. The molecular formula is C15H12ClF3N2O3. The van der Waals surface area contributed by atoms with E-state index in [0.29, 0.717) is 5.56 Å². The highest BCUT2D eigenvalue weighted by Crippen LogP contribution is 2.36. The highest BCUT2D eigenvalue weighted by molar-refractivity contribution is 6.33. The van der Waals surface area contributed by atoms with Crippen molar-refractivity contribution in [1.82, 2.24) is 10.3 Å². The van der Waals surface area contributed by atoms with Crippen LogP contribution < -0.4 is 5.32 Å². The Kier molecular flexibility index (Phi) is 5.18. The molecule has 1 aromatic heterocycles. The lowest BCUT2D eigenvalue weighted by molar-refractivity contribution is -0.141. The molecule has 0 spiro atoms. The first-order valence-electron chi connectivity index (χ1n) is 6.75. The van der Waals surface area contributed by atoms with Crippen LogP contribution in [-0.4, -0.2) is 28.5 Å². The molecular weight excluding hydrogens is 349 g/mol. The lowest BCUT2D eigenvalue weighted by Gasteiger charge is -2.08. The number of hydrogen-bond acceptors (Lipinski definition) is 2. The normalized spacial score (nSPS) is 11.3. The van der Waals surface area contributed by atoms with Crippen molar-refractivity contribution < 1.29 is 27.9 Å². The topological polar surface area (TPSA) is 82.2 Å². The molecule has 0 aliphatic rings. The van der Waals surface area contributed by atoms with E-state index in [0.717, 1.165) is 6.07 Å². The third-order valence-electron chi connectivity index (χ3n) is 3.13. The zero-order valence-electron chi connectivity index (χ0n) is 12.1. The van der Waals surface area contributed by atoms with Crippen LogP contribution in [-0.2, 0) is 11.0 Å². The number of H-pyrrole nitrogens is 1. The maximum absolute atomic E-state index is 13.2. The van der Waals surface area contributed by atoms with E-state index >= 15 is 0 Å². The Bertz CT molecular complexity index is 772. The van der Waals surface area contributed by atoms with E-state index in [2.05, 4.69) is 10.3 Å². The summed E-state index contributed by atoms with van der Waals surface area (Å²) in [7, 11) is 0. The number of rotatable bonds is 5. The van der Waals surface area contributed by atoms with E-state index in [-0.39, 0.29) is 17.3 Å². The van der Waals surface area contributed by atoms with E-state index in [1.807, 2.05) is 0 Å². The van der Waals surface area contributed by atoms with Crippen LogP contribution in [0, 0.1) is 0 Å².